The Hall–Kier alpha value is -0.650. The summed E-state index contributed by atoms with van der Waals surface area (Å²) >= 11 is 1.51. The zero-order chi connectivity index (χ0) is 12.3. The highest BCUT2D eigenvalue weighted by Crippen LogP contribution is 2.18. The maximum atomic E-state index is 12.1. The molecule has 2 heterocycles. The van der Waals surface area contributed by atoms with Crippen LogP contribution in [-0.2, 0) is 6.42 Å². The van der Waals surface area contributed by atoms with Gasteiger partial charge in [0.2, 0.25) is 0 Å². The van der Waals surface area contributed by atoms with Gasteiger partial charge in [-0.1, -0.05) is 6.92 Å². The van der Waals surface area contributed by atoms with E-state index in [0.717, 1.165) is 47.9 Å². The molecular weight excluding hydrogens is 270 g/mol. The molecular formula is C12H20ClN3OS. The summed E-state index contributed by atoms with van der Waals surface area (Å²) in [5.41, 5.74) is 0.855. The van der Waals surface area contributed by atoms with Crippen molar-refractivity contribution < 1.29 is 4.79 Å². The van der Waals surface area contributed by atoms with Crippen LogP contribution in [0.2, 0.25) is 0 Å². The van der Waals surface area contributed by atoms with Crippen LogP contribution in [0.1, 0.15) is 40.1 Å². The number of rotatable bonds is 3. The molecule has 1 aromatic heterocycles. The van der Waals surface area contributed by atoms with Crippen LogP contribution in [0.3, 0.4) is 0 Å². The molecule has 1 fully saturated rings. The van der Waals surface area contributed by atoms with Gasteiger partial charge in [-0.15, -0.1) is 23.7 Å². The number of nitrogens with zero attached hydrogens (tertiary/aromatic N) is 1. The fraction of sp³-hybridized carbons (Fsp3) is 0.667. The number of aryl methyl sites for hydroxylation is 2. The van der Waals surface area contributed by atoms with Crippen molar-refractivity contribution in [3.05, 3.63) is 15.6 Å². The van der Waals surface area contributed by atoms with E-state index in [4.69, 9.17) is 0 Å². The first-order valence-electron chi connectivity index (χ1n) is 6.18. The molecule has 1 amide bonds. The first-order valence-corrected chi connectivity index (χ1v) is 7.00. The summed E-state index contributed by atoms with van der Waals surface area (Å²) in [6.45, 7) is 5.91. The molecule has 1 saturated heterocycles. The minimum atomic E-state index is 0. The second-order valence-electron chi connectivity index (χ2n) is 4.39. The number of halogens is 1. The number of hydrogen-bond donors (Lipinski definition) is 2. The lowest BCUT2D eigenvalue weighted by molar-refractivity contribution is 0.0934. The molecule has 0 aromatic carbocycles. The predicted octanol–water partition coefficient (Wildman–Crippen LogP) is 1.92. The van der Waals surface area contributed by atoms with Crippen LogP contribution in [0.15, 0.2) is 0 Å². The van der Waals surface area contributed by atoms with E-state index in [1.54, 1.807) is 0 Å². The number of hydrogen-bond acceptors (Lipinski definition) is 4. The van der Waals surface area contributed by atoms with Gasteiger partial charge < -0.3 is 10.6 Å². The van der Waals surface area contributed by atoms with Crippen molar-refractivity contribution in [2.45, 2.75) is 39.2 Å². The second-order valence-corrected chi connectivity index (χ2v) is 5.48. The van der Waals surface area contributed by atoms with Gasteiger partial charge in [0.15, 0.2) is 0 Å². The molecule has 18 heavy (non-hydrogen) atoms. The Morgan fingerprint density at radius 2 is 2.39 bits per heavy atom. The molecule has 0 spiro atoms. The first kappa shape index (κ1) is 15.4. The highest BCUT2D eigenvalue weighted by Gasteiger charge is 2.19. The molecule has 1 aliphatic heterocycles. The fourth-order valence-corrected chi connectivity index (χ4v) is 2.95. The number of thiazole rings is 1. The second kappa shape index (κ2) is 7.07. The molecule has 2 N–H and O–H groups in total. The normalized spacial score (nSPS) is 19.1. The van der Waals surface area contributed by atoms with E-state index in [2.05, 4.69) is 22.5 Å². The molecule has 0 bridgehead atoms. The smallest absolute Gasteiger partial charge is 0.263 e. The van der Waals surface area contributed by atoms with Crippen LogP contribution in [0.5, 0.6) is 0 Å². The van der Waals surface area contributed by atoms with Crippen molar-refractivity contribution in [3.8, 4) is 0 Å². The Labute approximate surface area is 118 Å². The van der Waals surface area contributed by atoms with Crippen molar-refractivity contribution in [3.63, 3.8) is 0 Å². The van der Waals surface area contributed by atoms with Crippen molar-refractivity contribution in [1.29, 1.82) is 0 Å². The van der Waals surface area contributed by atoms with Crippen molar-refractivity contribution in [1.82, 2.24) is 15.6 Å². The summed E-state index contributed by atoms with van der Waals surface area (Å²) in [5.74, 6) is 0.0356. The van der Waals surface area contributed by atoms with E-state index in [0.29, 0.717) is 0 Å². The van der Waals surface area contributed by atoms with Gasteiger partial charge in [-0.05, 0) is 32.7 Å². The van der Waals surface area contributed by atoms with Crippen LogP contribution in [-0.4, -0.2) is 30.0 Å². The number of carbonyl (C=O) groups is 1. The molecule has 2 rings (SSSR count). The lowest BCUT2D eigenvalue weighted by atomic mass is 10.1. The summed E-state index contributed by atoms with van der Waals surface area (Å²) in [5, 5.41) is 7.41. The van der Waals surface area contributed by atoms with E-state index >= 15 is 0 Å². The minimum Gasteiger partial charge on any atom is -0.347 e. The number of amides is 1. The predicted molar refractivity (Wildman–Crippen MR) is 76.8 cm³/mol. The summed E-state index contributed by atoms with van der Waals surface area (Å²) in [6, 6.07) is 0.267. The third-order valence-corrected chi connectivity index (χ3v) is 4.28. The SMILES string of the molecule is CCc1nc(C)c(C(=O)N[C@H]2CCCNC2)s1.Cl. The highest BCUT2D eigenvalue weighted by molar-refractivity contribution is 7.13. The molecule has 102 valence electrons. The molecule has 1 aliphatic rings. The van der Waals surface area contributed by atoms with E-state index < -0.39 is 0 Å². The zero-order valence-electron chi connectivity index (χ0n) is 10.8. The van der Waals surface area contributed by atoms with Crippen LogP contribution < -0.4 is 10.6 Å². The minimum absolute atomic E-state index is 0. The Morgan fingerprint density at radius 1 is 1.61 bits per heavy atom. The molecule has 0 unspecified atom stereocenters. The number of piperidine rings is 1. The lowest BCUT2D eigenvalue weighted by Gasteiger charge is -2.23. The van der Waals surface area contributed by atoms with Gasteiger partial charge in [0.1, 0.15) is 4.88 Å². The Balaban J connectivity index is 0.00000162. The Kier molecular flexibility index (Phi) is 6.05. The van der Waals surface area contributed by atoms with E-state index in [1.165, 1.54) is 11.3 Å². The van der Waals surface area contributed by atoms with Gasteiger partial charge in [-0.2, -0.15) is 0 Å². The maximum absolute atomic E-state index is 12.1. The van der Waals surface area contributed by atoms with Gasteiger partial charge in [0, 0.05) is 12.6 Å². The number of aromatic nitrogens is 1. The van der Waals surface area contributed by atoms with Crippen LogP contribution in [0.4, 0.5) is 0 Å². The van der Waals surface area contributed by atoms with Gasteiger partial charge in [-0.25, -0.2) is 4.98 Å². The average Bonchev–Trinajstić information content (AvgIpc) is 2.72. The summed E-state index contributed by atoms with van der Waals surface area (Å²) in [4.78, 5) is 17.3. The van der Waals surface area contributed by atoms with E-state index in [-0.39, 0.29) is 24.4 Å². The van der Waals surface area contributed by atoms with Gasteiger partial charge in [0.05, 0.1) is 10.7 Å². The van der Waals surface area contributed by atoms with Crippen molar-refractivity contribution in [2.75, 3.05) is 13.1 Å². The number of carbonyl (C=O) groups excluding carboxylic acids is 1. The first-order chi connectivity index (χ1) is 8.20. The van der Waals surface area contributed by atoms with Crippen molar-refractivity contribution in [2.24, 2.45) is 0 Å². The largest absolute Gasteiger partial charge is 0.347 e. The Bertz CT molecular complexity index is 402. The third kappa shape index (κ3) is 3.67. The van der Waals surface area contributed by atoms with Crippen LogP contribution in [0.25, 0.3) is 0 Å². The average molecular weight is 290 g/mol. The van der Waals surface area contributed by atoms with E-state index in [9.17, 15) is 4.79 Å². The molecule has 0 saturated carbocycles. The molecule has 0 aliphatic carbocycles. The standard InChI is InChI=1S/C12H19N3OS.ClH/c1-3-10-14-8(2)11(17-10)12(16)15-9-5-4-6-13-7-9;/h9,13H,3-7H2,1-2H3,(H,15,16);1H/t9-;/m0./s1. The fourth-order valence-electron chi connectivity index (χ4n) is 2.04. The van der Waals surface area contributed by atoms with Gasteiger partial charge in [0.25, 0.3) is 5.91 Å². The van der Waals surface area contributed by atoms with Gasteiger partial charge in [-0.3, -0.25) is 4.79 Å². The topological polar surface area (TPSA) is 54.0 Å². The quantitative estimate of drug-likeness (QED) is 0.894. The molecule has 0 radical (unpaired) electrons. The van der Waals surface area contributed by atoms with Crippen molar-refractivity contribution >= 4 is 29.7 Å². The van der Waals surface area contributed by atoms with E-state index in [1.807, 2.05) is 6.92 Å². The summed E-state index contributed by atoms with van der Waals surface area (Å²) in [6.07, 6.45) is 3.09. The zero-order valence-corrected chi connectivity index (χ0v) is 12.4. The molecule has 1 aromatic rings. The van der Waals surface area contributed by atoms with Gasteiger partial charge >= 0.3 is 0 Å². The maximum Gasteiger partial charge on any atom is 0.263 e. The third-order valence-electron chi connectivity index (χ3n) is 2.98. The monoisotopic (exact) mass is 289 g/mol. The lowest BCUT2D eigenvalue weighted by Crippen LogP contribution is -2.45. The molecule has 4 nitrogen and oxygen atoms in total. The number of nitrogens with one attached hydrogen (secondary N) is 2. The molecule has 1 atom stereocenters. The Morgan fingerprint density at radius 3 is 2.94 bits per heavy atom. The summed E-state index contributed by atoms with van der Waals surface area (Å²) in [7, 11) is 0. The summed E-state index contributed by atoms with van der Waals surface area (Å²) < 4.78 is 0. The highest BCUT2D eigenvalue weighted by atomic mass is 35.5. The van der Waals surface area contributed by atoms with Crippen LogP contribution >= 0.6 is 23.7 Å². The molecule has 6 heteroatoms. The van der Waals surface area contributed by atoms with Crippen LogP contribution in [0, 0.1) is 6.92 Å².